The summed E-state index contributed by atoms with van der Waals surface area (Å²) >= 11 is 7.71. The summed E-state index contributed by atoms with van der Waals surface area (Å²) in [5.41, 5.74) is 4.42. The molecule has 0 aliphatic carbocycles. The van der Waals surface area contributed by atoms with Crippen molar-refractivity contribution in [2.24, 2.45) is 0 Å². The molecule has 2 aromatic heterocycles. The quantitative estimate of drug-likeness (QED) is 0.455. The van der Waals surface area contributed by atoms with Gasteiger partial charge in [-0.15, -0.1) is 11.3 Å². The lowest BCUT2D eigenvalue weighted by atomic mass is 10.1. The number of nitrogens with zero attached hydrogens (tertiary/aromatic N) is 2. The number of hydrogen-bond acceptors (Lipinski definition) is 4. The van der Waals surface area contributed by atoms with E-state index < -0.39 is 0 Å². The second kappa shape index (κ2) is 6.23. The third kappa shape index (κ3) is 2.75. The lowest BCUT2D eigenvalue weighted by molar-refractivity contribution is 1.23. The first kappa shape index (κ1) is 15.1. The molecule has 0 saturated heterocycles. The van der Waals surface area contributed by atoms with Crippen LogP contribution in [0.1, 0.15) is 5.56 Å². The van der Waals surface area contributed by atoms with E-state index in [-0.39, 0.29) is 5.28 Å². The summed E-state index contributed by atoms with van der Waals surface area (Å²) < 4.78 is 0. The fourth-order valence-corrected chi connectivity index (χ4v) is 3.84. The molecule has 2 aromatic carbocycles. The summed E-state index contributed by atoms with van der Waals surface area (Å²) in [5, 5.41) is 6.78. The predicted molar refractivity (Wildman–Crippen MR) is 102 cm³/mol. The number of aryl methyl sites for hydroxylation is 1. The molecule has 4 rings (SSSR count). The molecule has 0 bridgehead atoms. The van der Waals surface area contributed by atoms with Crippen molar-refractivity contribution in [1.82, 2.24) is 9.97 Å². The maximum absolute atomic E-state index is 6.13. The van der Waals surface area contributed by atoms with Gasteiger partial charge in [-0.25, -0.2) is 4.98 Å². The zero-order chi connectivity index (χ0) is 16.5. The van der Waals surface area contributed by atoms with Crippen LogP contribution in [0.3, 0.4) is 0 Å². The number of fused-ring (bicyclic) bond motifs is 1. The number of rotatable bonds is 3. The average Bonchev–Trinajstić information content (AvgIpc) is 3.01. The van der Waals surface area contributed by atoms with Gasteiger partial charge >= 0.3 is 0 Å². The Morgan fingerprint density at radius 3 is 2.50 bits per heavy atom. The number of benzene rings is 2. The fraction of sp³-hybridized carbons (Fsp3) is 0.0526. The van der Waals surface area contributed by atoms with Crippen molar-refractivity contribution in [2.45, 2.75) is 6.92 Å². The van der Waals surface area contributed by atoms with Crippen LogP contribution in [0.4, 0.5) is 11.5 Å². The van der Waals surface area contributed by atoms with Gasteiger partial charge in [-0.1, -0.05) is 48.5 Å². The summed E-state index contributed by atoms with van der Waals surface area (Å²) in [4.78, 5) is 9.70. The highest BCUT2D eigenvalue weighted by Gasteiger charge is 2.15. The van der Waals surface area contributed by atoms with Crippen molar-refractivity contribution in [3.8, 4) is 11.1 Å². The number of thiophene rings is 1. The van der Waals surface area contributed by atoms with E-state index in [1.807, 2.05) is 36.4 Å². The summed E-state index contributed by atoms with van der Waals surface area (Å²) in [6.45, 7) is 2.06. The molecule has 5 heteroatoms. The van der Waals surface area contributed by atoms with E-state index in [0.717, 1.165) is 38.4 Å². The van der Waals surface area contributed by atoms with Gasteiger partial charge in [-0.05, 0) is 35.7 Å². The van der Waals surface area contributed by atoms with Gasteiger partial charge in [0.2, 0.25) is 5.28 Å². The lowest BCUT2D eigenvalue weighted by Gasteiger charge is -2.11. The lowest BCUT2D eigenvalue weighted by Crippen LogP contribution is -1.98. The molecule has 0 spiro atoms. The topological polar surface area (TPSA) is 37.8 Å². The standard InChI is InChI=1S/C19H14ClN3S/c1-12-7-5-6-10-15(12)21-17-16-14(13-8-3-2-4-9-13)11-24-18(16)23-19(20)22-17/h2-11H,1H3,(H,21,22,23). The van der Waals surface area contributed by atoms with Gasteiger partial charge in [0, 0.05) is 16.6 Å². The molecule has 0 aliphatic rings. The highest BCUT2D eigenvalue weighted by Crippen LogP contribution is 2.38. The van der Waals surface area contributed by atoms with E-state index in [4.69, 9.17) is 11.6 Å². The second-order valence-electron chi connectivity index (χ2n) is 5.48. The van der Waals surface area contributed by atoms with Gasteiger partial charge in [0.25, 0.3) is 0 Å². The van der Waals surface area contributed by atoms with Gasteiger partial charge in [0.1, 0.15) is 10.6 Å². The van der Waals surface area contributed by atoms with E-state index in [1.54, 1.807) is 11.3 Å². The van der Waals surface area contributed by atoms with Crippen molar-refractivity contribution in [3.05, 3.63) is 70.8 Å². The zero-order valence-corrected chi connectivity index (χ0v) is 14.5. The van der Waals surface area contributed by atoms with Crippen LogP contribution in [0.5, 0.6) is 0 Å². The zero-order valence-electron chi connectivity index (χ0n) is 13.0. The van der Waals surface area contributed by atoms with Crippen molar-refractivity contribution in [1.29, 1.82) is 0 Å². The molecule has 0 radical (unpaired) electrons. The first-order valence-electron chi connectivity index (χ1n) is 7.55. The highest BCUT2D eigenvalue weighted by atomic mass is 35.5. The summed E-state index contributed by atoms with van der Waals surface area (Å²) in [5.74, 6) is 0.736. The van der Waals surface area contributed by atoms with Crippen LogP contribution < -0.4 is 5.32 Å². The Labute approximate surface area is 149 Å². The summed E-state index contributed by atoms with van der Waals surface area (Å²) in [6, 6.07) is 18.4. The van der Waals surface area contributed by atoms with Crippen LogP contribution in [-0.2, 0) is 0 Å². The SMILES string of the molecule is Cc1ccccc1Nc1nc(Cl)nc2scc(-c3ccccc3)c12. The molecule has 0 unspecified atom stereocenters. The molecule has 0 atom stereocenters. The smallest absolute Gasteiger partial charge is 0.225 e. The number of aromatic nitrogens is 2. The van der Waals surface area contributed by atoms with Crippen LogP contribution in [0, 0.1) is 6.92 Å². The average molecular weight is 352 g/mol. The Bertz CT molecular complexity index is 1010. The third-order valence-electron chi connectivity index (χ3n) is 3.89. The Morgan fingerprint density at radius 2 is 1.71 bits per heavy atom. The molecule has 1 N–H and O–H groups in total. The predicted octanol–water partition coefficient (Wildman–Crippen LogP) is 6.06. The van der Waals surface area contributed by atoms with E-state index in [1.165, 1.54) is 0 Å². The first-order valence-corrected chi connectivity index (χ1v) is 8.81. The van der Waals surface area contributed by atoms with Gasteiger partial charge in [0.05, 0.1) is 5.39 Å². The van der Waals surface area contributed by atoms with Gasteiger partial charge in [-0.3, -0.25) is 0 Å². The van der Waals surface area contributed by atoms with Crippen LogP contribution >= 0.6 is 22.9 Å². The number of hydrogen-bond donors (Lipinski definition) is 1. The number of para-hydroxylation sites is 1. The van der Waals surface area contributed by atoms with Crippen molar-refractivity contribution < 1.29 is 0 Å². The summed E-state index contributed by atoms with van der Waals surface area (Å²) in [7, 11) is 0. The molecule has 3 nitrogen and oxygen atoms in total. The molecular formula is C19H14ClN3S. The Morgan fingerprint density at radius 1 is 0.958 bits per heavy atom. The van der Waals surface area contributed by atoms with Crippen LogP contribution in [0.2, 0.25) is 5.28 Å². The minimum absolute atomic E-state index is 0.250. The van der Waals surface area contributed by atoms with Crippen LogP contribution in [-0.4, -0.2) is 9.97 Å². The molecular weight excluding hydrogens is 338 g/mol. The Hall–Kier alpha value is -2.43. The normalized spacial score (nSPS) is 10.9. The molecule has 24 heavy (non-hydrogen) atoms. The fourth-order valence-electron chi connectivity index (χ4n) is 2.68. The minimum atomic E-state index is 0.250. The largest absolute Gasteiger partial charge is 0.339 e. The van der Waals surface area contributed by atoms with Crippen LogP contribution in [0.25, 0.3) is 21.3 Å². The Balaban J connectivity index is 1.91. The monoisotopic (exact) mass is 351 g/mol. The van der Waals surface area contributed by atoms with Gasteiger partial charge in [0.15, 0.2) is 0 Å². The maximum Gasteiger partial charge on any atom is 0.225 e. The highest BCUT2D eigenvalue weighted by molar-refractivity contribution is 7.17. The molecule has 118 valence electrons. The van der Waals surface area contributed by atoms with Gasteiger partial charge < -0.3 is 5.32 Å². The van der Waals surface area contributed by atoms with Crippen molar-refractivity contribution in [3.63, 3.8) is 0 Å². The van der Waals surface area contributed by atoms with E-state index in [0.29, 0.717) is 0 Å². The molecule has 0 aliphatic heterocycles. The molecule has 0 fully saturated rings. The minimum Gasteiger partial charge on any atom is -0.339 e. The third-order valence-corrected chi connectivity index (χ3v) is 4.93. The Kier molecular flexibility index (Phi) is 3.92. The molecule has 4 aromatic rings. The van der Waals surface area contributed by atoms with E-state index in [2.05, 4.69) is 45.8 Å². The molecule has 0 amide bonds. The number of nitrogens with one attached hydrogen (secondary N) is 1. The van der Waals surface area contributed by atoms with Crippen molar-refractivity contribution in [2.75, 3.05) is 5.32 Å². The van der Waals surface area contributed by atoms with Crippen LogP contribution in [0.15, 0.2) is 60.0 Å². The van der Waals surface area contributed by atoms with Crippen molar-refractivity contribution >= 4 is 44.7 Å². The first-order chi connectivity index (χ1) is 11.7. The van der Waals surface area contributed by atoms with Gasteiger partial charge in [-0.2, -0.15) is 4.98 Å². The summed E-state index contributed by atoms with van der Waals surface area (Å²) in [6.07, 6.45) is 0. The molecule has 2 heterocycles. The molecule has 0 saturated carbocycles. The number of halogens is 1. The maximum atomic E-state index is 6.13. The second-order valence-corrected chi connectivity index (χ2v) is 6.67. The number of anilines is 2. The van der Waals surface area contributed by atoms with E-state index >= 15 is 0 Å². The van der Waals surface area contributed by atoms with E-state index in [9.17, 15) is 0 Å².